The topological polar surface area (TPSA) is 387 Å². The van der Waals surface area contributed by atoms with Gasteiger partial charge in [-0.1, -0.05) is 43.5 Å². The molecule has 0 radical (unpaired) electrons. The van der Waals surface area contributed by atoms with Crippen LogP contribution in [0.4, 0.5) is 11.4 Å². The number of carbonyl (C=O) groups is 2. The van der Waals surface area contributed by atoms with Gasteiger partial charge in [0.15, 0.2) is 5.71 Å². The Bertz CT molecular complexity index is 3210. The Balaban J connectivity index is 0.821. The van der Waals surface area contributed by atoms with Crippen LogP contribution in [0.1, 0.15) is 90.2 Å². The lowest BCUT2D eigenvalue weighted by molar-refractivity contribution is -0.438. The molecule has 0 aliphatic carbocycles. The molecule has 0 atom stereocenters. The number of nitrogens with one attached hydrogen (secondary N) is 1. The minimum atomic E-state index is -4.45. The number of hydrogen-bond acceptors (Lipinski definition) is 33. The molecule has 0 fully saturated rings. The molecule has 0 saturated carbocycles. The zero-order valence-corrected chi connectivity index (χ0v) is 75.8. The number of carboxylic acid groups (broad SMARTS) is 1. The van der Waals surface area contributed by atoms with Gasteiger partial charge in [0.2, 0.25) is 11.6 Å². The van der Waals surface area contributed by atoms with Crippen molar-refractivity contribution in [1.82, 2.24) is 5.32 Å². The lowest BCUT2D eigenvalue weighted by atomic mass is 9.81. The zero-order valence-electron chi connectivity index (χ0n) is 74.2. The summed E-state index contributed by atoms with van der Waals surface area (Å²) in [7, 11) is -2.81. The van der Waals surface area contributed by atoms with E-state index in [0.717, 1.165) is 76.5 Å². The number of methoxy groups -OCH3 is 1. The van der Waals surface area contributed by atoms with E-state index >= 15 is 0 Å². The number of amides is 1. The maximum atomic E-state index is 12.7. The fourth-order valence-electron chi connectivity index (χ4n) is 12.3. The lowest BCUT2D eigenvalue weighted by Gasteiger charge is -2.27. The first-order valence-corrected chi connectivity index (χ1v) is 45.5. The van der Waals surface area contributed by atoms with Gasteiger partial charge in [0.25, 0.3) is 10.1 Å². The number of fused-ring (bicyclic) bond motifs is 2. The van der Waals surface area contributed by atoms with Crippen LogP contribution in [0.2, 0.25) is 0 Å². The number of rotatable bonds is 91. The number of unbranched alkanes of at least 4 members (excludes halogenated alkanes) is 4. The second-order valence-corrected chi connectivity index (χ2v) is 30.9. The highest BCUT2D eigenvalue weighted by Crippen LogP contribution is 2.49. The summed E-state index contributed by atoms with van der Waals surface area (Å²) in [4.78, 5) is 26.7. The summed E-state index contributed by atoms with van der Waals surface area (Å²) in [5, 5.41) is 24.7. The molecule has 2 aromatic carbocycles. The minimum Gasteiger partial charge on any atom is -0.481 e. The lowest BCUT2D eigenvalue weighted by Crippen LogP contribution is -2.28. The van der Waals surface area contributed by atoms with Crippen molar-refractivity contribution >= 4 is 51.1 Å². The van der Waals surface area contributed by atoms with Gasteiger partial charge in [0.05, 0.1) is 333 Å². The molecular weight excluding hydrogens is 1670 g/mol. The number of nitrogens with zero attached hydrogens (tertiary/aromatic N) is 2. The van der Waals surface area contributed by atoms with Gasteiger partial charge in [-0.2, -0.15) is 13.0 Å². The van der Waals surface area contributed by atoms with Gasteiger partial charge < -0.3 is 129 Å². The Hall–Kier alpha value is -4.75. The Kier molecular flexibility index (Phi) is 68.4. The largest absolute Gasteiger partial charge is 0.481 e. The maximum Gasteiger partial charge on any atom is 0.303 e. The van der Waals surface area contributed by atoms with Gasteiger partial charge in [0.1, 0.15) is 6.54 Å². The molecule has 0 bridgehead atoms. The first-order valence-electron chi connectivity index (χ1n) is 43.3. The maximum absolute atomic E-state index is 12.7. The van der Waals surface area contributed by atoms with Crippen LogP contribution < -0.4 is 10.2 Å². The second-order valence-electron chi connectivity index (χ2n) is 28.7. The fraction of sp³-hybridized carbons (Fsp3) is 0.756. The van der Waals surface area contributed by atoms with Gasteiger partial charge in [-0.3, -0.25) is 14.1 Å². The van der Waals surface area contributed by atoms with Crippen molar-refractivity contribution in [3.05, 3.63) is 83.6 Å². The average molecular weight is 1810 g/mol. The van der Waals surface area contributed by atoms with E-state index in [0.29, 0.717) is 349 Å². The van der Waals surface area contributed by atoms with Gasteiger partial charge in [-0.15, -0.1) is 4.33 Å². The summed E-state index contributed by atoms with van der Waals surface area (Å²) in [6.45, 7) is 32.1. The van der Waals surface area contributed by atoms with Crippen LogP contribution in [0.3, 0.4) is 0 Å². The molecule has 714 valence electrons. The van der Waals surface area contributed by atoms with E-state index in [4.69, 9.17) is 123 Å². The normalized spacial score (nSPS) is 14.1. The Labute approximate surface area is 739 Å². The van der Waals surface area contributed by atoms with E-state index in [1.807, 2.05) is 56.4 Å². The molecule has 38 heteroatoms. The van der Waals surface area contributed by atoms with Crippen LogP contribution >= 0.6 is 12.0 Å². The molecule has 4 rings (SSSR count). The summed E-state index contributed by atoms with van der Waals surface area (Å²) in [5.74, 6) is -0.869. The molecule has 0 unspecified atom stereocenters. The van der Waals surface area contributed by atoms with Crippen LogP contribution in [0.5, 0.6) is 0 Å². The van der Waals surface area contributed by atoms with Crippen LogP contribution in [0.15, 0.2) is 82.3 Å². The van der Waals surface area contributed by atoms with Crippen molar-refractivity contribution < 1.29 is 161 Å². The standard InChI is InChI=1S/C86H145N3O33S2/c1-85(2)77-73-75(123-122-121-93)19-21-79(77)88(25-14-8-12-18-84(91)92)81(85)15-9-6-10-16-82-86(3,4)78-74-76(124(94,95)96)20-22-80(78)89(82)24-13-7-11-17-83(90)87-23-26-98-29-30-100-33-34-102-37-38-104-41-42-106-45-46-108-49-50-110-53-54-112-57-58-114-61-62-116-65-66-118-69-70-120-72-71-119-68-67-117-64-63-115-60-59-113-56-55-111-52-51-109-48-47-107-44-43-105-40-39-103-36-35-101-32-31-99-28-27-97-5/h6,9-10,15-16,19-22,73-74H,7-8,11-14,17-18,23-72H2,1-5H3,(H3-,87,90,91,92,93,94,95,96)/p+1. The molecule has 2 heterocycles. The number of aliphatic carboxylic acids is 1. The summed E-state index contributed by atoms with van der Waals surface area (Å²) >= 11 is 0.895. The summed E-state index contributed by atoms with van der Waals surface area (Å²) in [6, 6.07) is 10.6. The number of carboxylic acids is 1. The van der Waals surface area contributed by atoms with E-state index in [1.165, 1.54) is 6.07 Å². The summed E-state index contributed by atoms with van der Waals surface area (Å²) in [6.07, 6.45) is 14.8. The van der Waals surface area contributed by atoms with E-state index in [1.54, 1.807) is 19.2 Å². The summed E-state index contributed by atoms with van der Waals surface area (Å²) in [5.41, 5.74) is 4.64. The van der Waals surface area contributed by atoms with Crippen molar-refractivity contribution in [2.75, 3.05) is 342 Å². The van der Waals surface area contributed by atoms with Crippen LogP contribution in [0.25, 0.3) is 0 Å². The SMILES string of the molecule is COCCOCCOCCOCCOCCOCCOCCOCCOCCOCCOCCOCCOCCOCCOCCOCCOCCOCCOCCOCCOCCOCCOCCOCCNC(=O)CCCCCN1C(=CC=CC=CC2=[N+](CCCCCC(=O)O)c3ccc(SOOO)cc3C2(C)C)C(C)(C)c2cc(S(=O)(=O)O)ccc21. The highest BCUT2D eigenvalue weighted by atomic mass is 32.2. The second kappa shape index (κ2) is 76.0. The Morgan fingerprint density at radius 1 is 0.419 bits per heavy atom. The monoisotopic (exact) mass is 1810 g/mol. The third kappa shape index (κ3) is 55.3. The number of ether oxygens (including phenoxy) is 24. The van der Waals surface area contributed by atoms with E-state index in [2.05, 4.69) is 39.8 Å². The third-order valence-corrected chi connectivity index (χ3v) is 20.1. The van der Waals surface area contributed by atoms with Crippen LogP contribution in [-0.2, 0) is 154 Å². The van der Waals surface area contributed by atoms with Crippen molar-refractivity contribution in [2.45, 2.75) is 99.7 Å². The quantitative estimate of drug-likeness (QED) is 0.00930. The number of carbonyl (C=O) groups excluding carboxylic acids is 1. The number of benzene rings is 2. The van der Waals surface area contributed by atoms with Crippen LogP contribution in [0, 0.1) is 0 Å². The molecule has 0 aromatic heterocycles. The average Bonchev–Trinajstić information content (AvgIpc) is 1.58. The molecule has 4 N–H and O–H groups in total. The highest BCUT2D eigenvalue weighted by Gasteiger charge is 2.45. The van der Waals surface area contributed by atoms with E-state index < -0.39 is 26.9 Å². The zero-order chi connectivity index (χ0) is 89.0. The van der Waals surface area contributed by atoms with Crippen molar-refractivity contribution in [2.24, 2.45) is 0 Å². The number of hydrogen-bond donors (Lipinski definition) is 4. The van der Waals surface area contributed by atoms with Crippen molar-refractivity contribution in [1.29, 1.82) is 0 Å². The van der Waals surface area contributed by atoms with Crippen molar-refractivity contribution in [3.8, 4) is 0 Å². The summed E-state index contributed by atoms with van der Waals surface area (Å²) < 4.78 is 174. The molecule has 2 aromatic rings. The minimum absolute atomic E-state index is 0.0598. The predicted molar refractivity (Wildman–Crippen MR) is 461 cm³/mol. The van der Waals surface area contributed by atoms with Gasteiger partial charge in [0, 0.05) is 78.9 Å². The molecule has 0 saturated heterocycles. The van der Waals surface area contributed by atoms with E-state index in [9.17, 15) is 27.7 Å². The first kappa shape index (κ1) is 112. The van der Waals surface area contributed by atoms with Crippen LogP contribution in [-0.4, -0.2) is 383 Å². The third-order valence-electron chi connectivity index (χ3n) is 18.7. The molecule has 36 nitrogen and oxygen atoms in total. The van der Waals surface area contributed by atoms with Gasteiger partial charge in [-0.05, 0) is 81.5 Å². The molecular formula is C86H146N3O33S2+. The predicted octanol–water partition coefficient (Wildman–Crippen LogP) is 7.88. The molecule has 1 amide bonds. The molecule has 2 aliphatic rings. The Morgan fingerprint density at radius 2 is 0.774 bits per heavy atom. The van der Waals surface area contributed by atoms with Gasteiger partial charge >= 0.3 is 5.97 Å². The van der Waals surface area contributed by atoms with E-state index in [-0.39, 0.29) is 17.2 Å². The number of allylic oxidation sites excluding steroid dienone is 6. The first-order chi connectivity index (χ1) is 60.6. The molecule has 0 spiro atoms. The highest BCUT2D eigenvalue weighted by molar-refractivity contribution is 7.94. The molecule has 2 aliphatic heterocycles. The molecule has 124 heavy (non-hydrogen) atoms. The van der Waals surface area contributed by atoms with Gasteiger partial charge in [-0.25, -0.2) is 5.26 Å². The fourth-order valence-corrected chi connectivity index (χ4v) is 13.2. The smallest absolute Gasteiger partial charge is 0.303 e. The number of anilines is 1. The Morgan fingerprint density at radius 3 is 1.13 bits per heavy atom. The van der Waals surface area contributed by atoms with Crippen molar-refractivity contribution in [3.63, 3.8) is 0 Å².